The molecule has 5 atom stereocenters. The second kappa shape index (κ2) is 18.8. The number of carbonyl (C=O) groups excluding carboxylic acids is 4. The molecule has 284 valence electrons. The average Bonchev–Trinajstić information content (AvgIpc) is 3.59. The fourth-order valence-electron chi connectivity index (χ4n) is 6.66. The van der Waals surface area contributed by atoms with Crippen LogP contribution in [0.5, 0.6) is 11.5 Å². The van der Waals surface area contributed by atoms with Crippen LogP contribution in [0.2, 0.25) is 0 Å². The van der Waals surface area contributed by atoms with Crippen LogP contribution in [-0.4, -0.2) is 74.2 Å². The van der Waals surface area contributed by atoms with Crippen molar-refractivity contribution in [1.82, 2.24) is 16.0 Å². The van der Waals surface area contributed by atoms with Crippen molar-refractivity contribution in [3.63, 3.8) is 0 Å². The van der Waals surface area contributed by atoms with Gasteiger partial charge >= 0.3 is 18.2 Å². The maximum absolute atomic E-state index is 13.1. The lowest BCUT2D eigenvalue weighted by atomic mass is 9.90. The molecule has 2 aromatic rings. The molecule has 3 amide bonds. The molecule has 3 heterocycles. The van der Waals surface area contributed by atoms with Gasteiger partial charge in [-0.2, -0.15) is 0 Å². The van der Waals surface area contributed by atoms with E-state index in [0.29, 0.717) is 50.1 Å². The molecule has 0 bridgehead atoms. The van der Waals surface area contributed by atoms with Crippen LogP contribution in [0.4, 0.5) is 9.59 Å². The van der Waals surface area contributed by atoms with Gasteiger partial charge in [-0.1, -0.05) is 50.2 Å². The first-order valence-electron chi connectivity index (χ1n) is 18.2. The van der Waals surface area contributed by atoms with Crippen LogP contribution >= 0.6 is 0 Å². The average molecular weight is 726 g/mol. The van der Waals surface area contributed by atoms with E-state index in [4.69, 9.17) is 33.2 Å². The number of ether oxygens (including phenoxy) is 7. The molecule has 0 radical (unpaired) electrons. The van der Waals surface area contributed by atoms with Crippen LogP contribution in [0, 0.1) is 5.92 Å². The monoisotopic (exact) mass is 725 g/mol. The third-order valence-corrected chi connectivity index (χ3v) is 9.05. The molecule has 2 saturated heterocycles. The summed E-state index contributed by atoms with van der Waals surface area (Å²) in [5, 5.41) is 8.38. The summed E-state index contributed by atoms with van der Waals surface area (Å²) in [6, 6.07) is 14.2. The van der Waals surface area contributed by atoms with Gasteiger partial charge < -0.3 is 49.1 Å². The Morgan fingerprint density at radius 1 is 0.904 bits per heavy atom. The van der Waals surface area contributed by atoms with E-state index in [1.807, 2.05) is 50.2 Å². The number of hydrogen-bond donors (Lipinski definition) is 3. The first-order chi connectivity index (χ1) is 25.1. The summed E-state index contributed by atoms with van der Waals surface area (Å²) in [7, 11) is 0. The SMILES string of the molecule is CCOC(=O)[C@H](CC(C)C)NC(=O)CC[C@@H]1C[C@@H](OC(=O)NCc2ccc3c(c2)OCO3)C[C@@]2(CCC[C@H](COC(=O)NCc3ccccc3)O2)O1. The molecule has 14 nitrogen and oxygen atoms in total. The van der Waals surface area contributed by atoms with Crippen molar-refractivity contribution >= 4 is 24.1 Å². The van der Waals surface area contributed by atoms with E-state index in [2.05, 4.69) is 16.0 Å². The van der Waals surface area contributed by atoms with Crippen molar-refractivity contribution in [3.8, 4) is 11.5 Å². The molecule has 2 aromatic carbocycles. The van der Waals surface area contributed by atoms with Crippen molar-refractivity contribution < 1.29 is 52.3 Å². The Balaban J connectivity index is 1.19. The van der Waals surface area contributed by atoms with Crippen molar-refractivity contribution in [2.45, 2.75) is 115 Å². The highest BCUT2D eigenvalue weighted by molar-refractivity contribution is 5.84. The summed E-state index contributed by atoms with van der Waals surface area (Å²) in [6.45, 7) is 6.61. The Morgan fingerprint density at radius 2 is 1.65 bits per heavy atom. The third-order valence-electron chi connectivity index (χ3n) is 9.05. The number of alkyl carbamates (subject to hydrolysis) is 2. The summed E-state index contributed by atoms with van der Waals surface area (Å²) in [4.78, 5) is 51.1. The molecule has 52 heavy (non-hydrogen) atoms. The van der Waals surface area contributed by atoms with Crippen LogP contribution in [0.25, 0.3) is 0 Å². The van der Waals surface area contributed by atoms with Gasteiger partial charge in [0.1, 0.15) is 18.8 Å². The number of fused-ring (bicyclic) bond motifs is 1. The fraction of sp³-hybridized carbons (Fsp3) is 0.579. The van der Waals surface area contributed by atoms with Crippen molar-refractivity contribution in [2.24, 2.45) is 5.92 Å². The predicted octanol–water partition coefficient (Wildman–Crippen LogP) is 5.26. The Kier molecular flexibility index (Phi) is 14.0. The first-order valence-corrected chi connectivity index (χ1v) is 18.2. The molecule has 3 N–H and O–H groups in total. The van der Waals surface area contributed by atoms with Crippen LogP contribution in [0.15, 0.2) is 48.5 Å². The summed E-state index contributed by atoms with van der Waals surface area (Å²) in [5.41, 5.74) is 1.77. The summed E-state index contributed by atoms with van der Waals surface area (Å²) < 4.78 is 40.4. The Labute approximate surface area is 304 Å². The van der Waals surface area contributed by atoms with E-state index in [1.54, 1.807) is 19.1 Å². The standard InChI is InChI=1S/C38H51N3O11/c1-4-46-35(43)31(17-25(2)3)41-34(42)15-13-28-19-30(50-37(45)40-22-27-12-14-32-33(18-27)49-24-48-32)20-38(51-28)16-8-11-29(52-38)23-47-36(44)39-21-26-9-6-5-7-10-26/h5-7,9-10,12,14,18,25,28-31H,4,8,11,13,15-17,19-24H2,1-3H3,(H,39,44)(H,40,45)(H,41,42)/t28-,29-,30-,31+,38+/m1/s1. The van der Waals surface area contributed by atoms with Gasteiger partial charge in [-0.3, -0.25) is 4.79 Å². The lowest BCUT2D eigenvalue weighted by Crippen LogP contribution is -2.54. The van der Waals surface area contributed by atoms with Gasteiger partial charge in [0.15, 0.2) is 17.3 Å². The van der Waals surface area contributed by atoms with Crippen molar-refractivity contribution in [3.05, 3.63) is 59.7 Å². The minimum Gasteiger partial charge on any atom is -0.464 e. The van der Waals surface area contributed by atoms with Gasteiger partial charge in [-0.25, -0.2) is 14.4 Å². The topological polar surface area (TPSA) is 169 Å². The lowest BCUT2D eigenvalue weighted by molar-refractivity contribution is -0.329. The molecule has 0 saturated carbocycles. The largest absolute Gasteiger partial charge is 0.464 e. The smallest absolute Gasteiger partial charge is 0.407 e. The zero-order valence-corrected chi connectivity index (χ0v) is 30.2. The number of nitrogens with one attached hydrogen (secondary N) is 3. The Bertz CT molecular complexity index is 1510. The molecule has 0 unspecified atom stereocenters. The molecule has 1 spiro atoms. The number of carbonyl (C=O) groups is 4. The number of rotatable bonds is 15. The molecule has 14 heteroatoms. The molecule has 5 rings (SSSR count). The van der Waals surface area contributed by atoms with Gasteiger partial charge in [0.2, 0.25) is 12.7 Å². The summed E-state index contributed by atoms with van der Waals surface area (Å²) in [5.74, 6) is -0.446. The fourth-order valence-corrected chi connectivity index (χ4v) is 6.66. The number of benzene rings is 2. The normalized spacial score (nSPS) is 22.7. The highest BCUT2D eigenvalue weighted by atomic mass is 16.7. The van der Waals surface area contributed by atoms with Crippen LogP contribution in [0.1, 0.15) is 83.3 Å². The van der Waals surface area contributed by atoms with E-state index in [1.165, 1.54) is 0 Å². The zero-order valence-electron chi connectivity index (χ0n) is 30.2. The predicted molar refractivity (Wildman–Crippen MR) is 187 cm³/mol. The minimum atomic E-state index is -1.11. The van der Waals surface area contributed by atoms with Crippen LogP contribution < -0.4 is 25.4 Å². The zero-order chi connectivity index (χ0) is 36.9. The van der Waals surface area contributed by atoms with Gasteiger partial charge in [-0.05, 0) is 61.8 Å². The second-order valence-electron chi connectivity index (χ2n) is 13.8. The molecule has 0 aliphatic carbocycles. The molecule has 2 fully saturated rings. The first kappa shape index (κ1) is 38.7. The van der Waals surface area contributed by atoms with E-state index in [9.17, 15) is 19.2 Å². The minimum absolute atomic E-state index is 0.0193. The summed E-state index contributed by atoms with van der Waals surface area (Å²) in [6.07, 6.45) is 0.663. The maximum atomic E-state index is 13.1. The van der Waals surface area contributed by atoms with Crippen LogP contribution in [-0.2, 0) is 46.4 Å². The van der Waals surface area contributed by atoms with E-state index in [-0.39, 0.29) is 51.2 Å². The third kappa shape index (κ3) is 11.7. The number of amides is 3. The maximum Gasteiger partial charge on any atom is 0.407 e. The number of esters is 1. The van der Waals surface area contributed by atoms with Gasteiger partial charge in [0.25, 0.3) is 0 Å². The van der Waals surface area contributed by atoms with E-state index >= 15 is 0 Å². The van der Waals surface area contributed by atoms with E-state index < -0.39 is 48.3 Å². The summed E-state index contributed by atoms with van der Waals surface area (Å²) >= 11 is 0. The van der Waals surface area contributed by atoms with Crippen molar-refractivity contribution in [1.29, 1.82) is 0 Å². The molecular weight excluding hydrogens is 674 g/mol. The van der Waals surface area contributed by atoms with Gasteiger partial charge in [0, 0.05) is 38.8 Å². The highest BCUT2D eigenvalue weighted by Crippen LogP contribution is 2.41. The van der Waals surface area contributed by atoms with Gasteiger partial charge in [0.05, 0.1) is 18.8 Å². The van der Waals surface area contributed by atoms with Gasteiger partial charge in [-0.15, -0.1) is 0 Å². The van der Waals surface area contributed by atoms with Crippen molar-refractivity contribution in [2.75, 3.05) is 20.0 Å². The molecule has 3 aliphatic heterocycles. The second-order valence-corrected chi connectivity index (χ2v) is 13.8. The van der Waals surface area contributed by atoms with E-state index in [0.717, 1.165) is 17.5 Å². The quantitative estimate of drug-likeness (QED) is 0.162. The lowest BCUT2D eigenvalue weighted by Gasteiger charge is -2.47. The Morgan fingerprint density at radius 3 is 2.44 bits per heavy atom. The molecule has 0 aromatic heterocycles. The Hall–Kier alpha value is -4.56. The molecular formula is C38H51N3O11. The van der Waals surface area contributed by atoms with Crippen LogP contribution in [0.3, 0.4) is 0 Å². The molecule has 3 aliphatic rings. The number of hydrogen-bond acceptors (Lipinski definition) is 11. The highest BCUT2D eigenvalue weighted by Gasteiger charge is 2.47.